The lowest BCUT2D eigenvalue weighted by Crippen LogP contribution is -2.03. The number of unbranched alkanes of at least 4 members (excludes halogenated alkanes) is 15. The number of carbonyl (C=O) groups is 2. The Kier molecular flexibility index (Phi) is 24.0. The Labute approximate surface area is 172 Å². The number of esters is 1. The SMILES string of the molecule is CCCCCCCCCCCCCCCCCCOC(=O)/C=C/C(=O)O.Cl. The van der Waals surface area contributed by atoms with E-state index in [-0.39, 0.29) is 12.4 Å². The molecule has 0 aliphatic rings. The highest BCUT2D eigenvalue weighted by molar-refractivity contribution is 5.90. The number of halogens is 1. The lowest BCUT2D eigenvalue weighted by atomic mass is 10.0. The van der Waals surface area contributed by atoms with Crippen LogP contribution < -0.4 is 0 Å². The molecule has 0 aromatic heterocycles. The highest BCUT2D eigenvalue weighted by Crippen LogP contribution is 2.13. The molecule has 0 aliphatic heterocycles. The van der Waals surface area contributed by atoms with Gasteiger partial charge in [-0.15, -0.1) is 12.4 Å². The molecule has 0 amide bonds. The number of rotatable bonds is 19. The fourth-order valence-electron chi connectivity index (χ4n) is 3.01. The second-order valence-electron chi connectivity index (χ2n) is 7.14. The zero-order valence-electron chi connectivity index (χ0n) is 17.3. The van der Waals surface area contributed by atoms with Gasteiger partial charge in [0.15, 0.2) is 0 Å². The molecule has 5 heteroatoms. The summed E-state index contributed by atoms with van der Waals surface area (Å²) in [4.78, 5) is 21.4. The van der Waals surface area contributed by atoms with Crippen LogP contribution in [0.4, 0.5) is 0 Å². The van der Waals surface area contributed by atoms with Gasteiger partial charge >= 0.3 is 11.9 Å². The van der Waals surface area contributed by atoms with Gasteiger partial charge in [-0.2, -0.15) is 0 Å². The average Bonchev–Trinajstić information content (AvgIpc) is 2.62. The fraction of sp³-hybridized carbons (Fsp3) is 0.818. The summed E-state index contributed by atoms with van der Waals surface area (Å²) in [6, 6.07) is 0. The Morgan fingerprint density at radius 2 is 1.04 bits per heavy atom. The van der Waals surface area contributed by atoms with Crippen molar-refractivity contribution in [1.82, 2.24) is 0 Å². The van der Waals surface area contributed by atoms with Gasteiger partial charge in [0.05, 0.1) is 6.61 Å². The number of carboxylic acids is 1. The number of carboxylic acid groups (broad SMARTS) is 1. The predicted molar refractivity (Wildman–Crippen MR) is 115 cm³/mol. The van der Waals surface area contributed by atoms with E-state index in [0.29, 0.717) is 6.61 Å². The molecule has 27 heavy (non-hydrogen) atoms. The quantitative estimate of drug-likeness (QED) is 0.145. The maximum absolute atomic E-state index is 11.1. The topological polar surface area (TPSA) is 63.6 Å². The Hall–Kier alpha value is -1.03. The first-order valence-corrected chi connectivity index (χ1v) is 10.7. The summed E-state index contributed by atoms with van der Waals surface area (Å²) in [7, 11) is 0. The predicted octanol–water partition coefficient (Wildman–Crippen LogP) is 6.85. The minimum atomic E-state index is -1.13. The van der Waals surface area contributed by atoms with E-state index in [1.165, 1.54) is 89.9 Å². The molecule has 0 saturated heterocycles. The third-order valence-corrected chi connectivity index (χ3v) is 4.60. The highest BCUT2D eigenvalue weighted by Gasteiger charge is 1.98. The minimum absolute atomic E-state index is 0. The monoisotopic (exact) mass is 404 g/mol. The van der Waals surface area contributed by atoms with Gasteiger partial charge in [0.25, 0.3) is 0 Å². The second kappa shape index (κ2) is 23.0. The lowest BCUT2D eigenvalue weighted by Gasteiger charge is -2.04. The van der Waals surface area contributed by atoms with Crippen molar-refractivity contribution in [3.05, 3.63) is 12.2 Å². The number of hydrogen-bond donors (Lipinski definition) is 1. The highest BCUT2D eigenvalue weighted by atomic mass is 35.5. The van der Waals surface area contributed by atoms with Gasteiger partial charge in [0.1, 0.15) is 0 Å². The lowest BCUT2D eigenvalue weighted by molar-refractivity contribution is -0.138. The number of aliphatic carboxylic acids is 1. The summed E-state index contributed by atoms with van der Waals surface area (Å²) in [6.07, 6.45) is 22.7. The van der Waals surface area contributed by atoms with Crippen LogP contribution in [0.1, 0.15) is 110 Å². The van der Waals surface area contributed by atoms with Crippen LogP contribution in [0.25, 0.3) is 0 Å². The van der Waals surface area contributed by atoms with Crippen LogP contribution in [0.2, 0.25) is 0 Å². The molecule has 0 aliphatic carbocycles. The smallest absolute Gasteiger partial charge is 0.331 e. The third-order valence-electron chi connectivity index (χ3n) is 4.60. The Balaban J connectivity index is 0. The first kappa shape index (κ1) is 28.2. The van der Waals surface area contributed by atoms with Gasteiger partial charge in [-0.25, -0.2) is 9.59 Å². The van der Waals surface area contributed by atoms with Gasteiger partial charge in [-0.1, -0.05) is 103 Å². The molecule has 0 spiro atoms. The van der Waals surface area contributed by atoms with Gasteiger partial charge < -0.3 is 9.84 Å². The molecule has 0 bridgehead atoms. The fourth-order valence-corrected chi connectivity index (χ4v) is 3.01. The third kappa shape index (κ3) is 25.0. The Morgan fingerprint density at radius 1 is 0.667 bits per heavy atom. The Morgan fingerprint density at radius 3 is 1.41 bits per heavy atom. The van der Waals surface area contributed by atoms with E-state index in [9.17, 15) is 9.59 Å². The van der Waals surface area contributed by atoms with Crippen molar-refractivity contribution in [3.8, 4) is 0 Å². The summed E-state index contributed by atoms with van der Waals surface area (Å²) < 4.78 is 4.92. The van der Waals surface area contributed by atoms with Crippen molar-refractivity contribution in [2.24, 2.45) is 0 Å². The van der Waals surface area contributed by atoms with Crippen LogP contribution in [0, 0.1) is 0 Å². The van der Waals surface area contributed by atoms with E-state index in [4.69, 9.17) is 9.84 Å². The van der Waals surface area contributed by atoms with E-state index in [0.717, 1.165) is 25.0 Å². The van der Waals surface area contributed by atoms with Crippen LogP contribution in [-0.2, 0) is 14.3 Å². The molecule has 0 fully saturated rings. The first-order valence-electron chi connectivity index (χ1n) is 10.7. The molecule has 1 N–H and O–H groups in total. The van der Waals surface area contributed by atoms with Crippen LogP contribution >= 0.6 is 12.4 Å². The molecule has 0 rings (SSSR count). The van der Waals surface area contributed by atoms with Crippen molar-refractivity contribution in [1.29, 1.82) is 0 Å². The van der Waals surface area contributed by atoms with E-state index >= 15 is 0 Å². The van der Waals surface area contributed by atoms with Gasteiger partial charge in [0.2, 0.25) is 0 Å². The van der Waals surface area contributed by atoms with E-state index in [1.54, 1.807) is 0 Å². The molecule has 160 valence electrons. The molecular weight excluding hydrogens is 364 g/mol. The summed E-state index contributed by atoms with van der Waals surface area (Å²) >= 11 is 0. The molecule has 0 heterocycles. The minimum Gasteiger partial charge on any atom is -0.478 e. The summed E-state index contributed by atoms with van der Waals surface area (Å²) in [5.41, 5.74) is 0. The van der Waals surface area contributed by atoms with Crippen molar-refractivity contribution in [2.45, 2.75) is 110 Å². The van der Waals surface area contributed by atoms with Crippen LogP contribution in [-0.4, -0.2) is 23.7 Å². The zero-order chi connectivity index (χ0) is 19.3. The maximum atomic E-state index is 11.1. The van der Waals surface area contributed by atoms with Crippen molar-refractivity contribution >= 4 is 24.3 Å². The van der Waals surface area contributed by atoms with E-state index in [2.05, 4.69) is 6.92 Å². The van der Waals surface area contributed by atoms with Crippen LogP contribution in [0.5, 0.6) is 0 Å². The molecule has 0 unspecified atom stereocenters. The molecule has 0 atom stereocenters. The first-order chi connectivity index (χ1) is 12.7. The summed E-state index contributed by atoms with van der Waals surface area (Å²) in [5.74, 6) is -1.71. The largest absolute Gasteiger partial charge is 0.478 e. The van der Waals surface area contributed by atoms with Gasteiger partial charge in [-0.3, -0.25) is 0 Å². The molecule has 0 aromatic rings. The second-order valence-corrected chi connectivity index (χ2v) is 7.14. The average molecular weight is 405 g/mol. The molecular formula is C22H41ClO4. The Bertz CT molecular complexity index is 369. The van der Waals surface area contributed by atoms with Gasteiger partial charge in [0, 0.05) is 12.2 Å². The maximum Gasteiger partial charge on any atom is 0.331 e. The zero-order valence-corrected chi connectivity index (χ0v) is 18.1. The van der Waals surface area contributed by atoms with Crippen molar-refractivity contribution < 1.29 is 19.4 Å². The van der Waals surface area contributed by atoms with E-state index in [1.807, 2.05) is 0 Å². The van der Waals surface area contributed by atoms with Crippen LogP contribution in [0.3, 0.4) is 0 Å². The number of carbonyl (C=O) groups excluding carboxylic acids is 1. The summed E-state index contributed by atoms with van der Waals surface area (Å²) in [5, 5.41) is 8.39. The standard InChI is InChI=1S/C22H40O4.ClH/c1-2-3-4-5-6-7-8-9-10-11-12-13-14-15-16-17-20-26-22(25)19-18-21(23)24;/h18-19H,2-17,20H2,1H3,(H,23,24);1H/b19-18+;. The van der Waals surface area contributed by atoms with E-state index < -0.39 is 11.9 Å². The molecule has 4 nitrogen and oxygen atoms in total. The molecule has 0 radical (unpaired) electrons. The van der Waals surface area contributed by atoms with Gasteiger partial charge in [-0.05, 0) is 6.42 Å². The van der Waals surface area contributed by atoms with Crippen LogP contribution in [0.15, 0.2) is 12.2 Å². The number of ether oxygens (including phenoxy) is 1. The molecule has 0 aromatic carbocycles. The van der Waals surface area contributed by atoms with Crippen molar-refractivity contribution in [2.75, 3.05) is 6.61 Å². The molecule has 0 saturated carbocycles. The number of hydrogen-bond acceptors (Lipinski definition) is 3. The normalized spacial score (nSPS) is 10.7. The van der Waals surface area contributed by atoms with Crippen molar-refractivity contribution in [3.63, 3.8) is 0 Å². The summed E-state index contributed by atoms with van der Waals surface area (Å²) in [6.45, 7) is 2.64.